The van der Waals surface area contributed by atoms with Gasteiger partial charge in [-0.3, -0.25) is 0 Å². The summed E-state index contributed by atoms with van der Waals surface area (Å²) < 4.78 is 74.4. The summed E-state index contributed by atoms with van der Waals surface area (Å²) in [5, 5.41) is 2.11. The maximum atomic E-state index is 9.18. The van der Waals surface area contributed by atoms with E-state index in [1.54, 1.807) is 15.9 Å². The molecule has 0 amide bonds. The first kappa shape index (κ1) is 25.0. The van der Waals surface area contributed by atoms with Crippen LogP contribution in [0.3, 0.4) is 0 Å². The molecule has 0 aliphatic heterocycles. The Morgan fingerprint density at radius 1 is 0.393 bits per heavy atom. The molecule has 11 rings (SSSR count). The van der Waals surface area contributed by atoms with Crippen LogP contribution < -0.4 is 0 Å². The number of benzene rings is 8. The smallest absolute Gasteiger partial charge is 0.165 e. The maximum Gasteiger partial charge on any atom is 0.165 e. The van der Waals surface area contributed by atoms with Gasteiger partial charge in [0.2, 0.25) is 0 Å². The fourth-order valence-electron chi connectivity index (χ4n) is 7.52. The Morgan fingerprint density at radius 3 is 1.46 bits per heavy atom. The van der Waals surface area contributed by atoms with Gasteiger partial charge < -0.3 is 4.57 Å². The summed E-state index contributed by atoms with van der Waals surface area (Å²) in [7, 11) is 0. The minimum Gasteiger partial charge on any atom is -0.309 e. The van der Waals surface area contributed by atoms with Crippen LogP contribution in [0.2, 0.25) is 0 Å². The molecular formula is C51H32N4S. The number of fused-ring (bicyclic) bond motifs is 6. The van der Waals surface area contributed by atoms with E-state index in [1.807, 2.05) is 121 Å². The van der Waals surface area contributed by atoms with Gasteiger partial charge in [-0.15, -0.1) is 11.3 Å². The summed E-state index contributed by atoms with van der Waals surface area (Å²) in [4.78, 5) is 15.0. The SMILES string of the molecule is [2H]c1c([2H])c([2H])c2c(c1[2H])c1c([2H])c([2H])c([2H])c([2H])c1n2-c1cc(-c2ccccc2)cc(-c2cccc3c2sc2c(-c4nc(-c5ccccc5)nc(-c5ccccc5)n4)cccc23)c1. The summed E-state index contributed by atoms with van der Waals surface area (Å²) in [6, 6.07) is 44.4. The summed E-state index contributed by atoms with van der Waals surface area (Å²) in [5.41, 5.74) is 6.59. The van der Waals surface area contributed by atoms with Gasteiger partial charge in [0.25, 0.3) is 0 Å². The van der Waals surface area contributed by atoms with Crippen molar-refractivity contribution in [2.24, 2.45) is 0 Å². The Hall–Kier alpha value is -7.21. The van der Waals surface area contributed by atoms with Crippen LogP contribution in [0.1, 0.15) is 11.0 Å². The number of hydrogen-bond donors (Lipinski definition) is 0. The number of nitrogens with zero attached hydrogens (tertiary/aromatic N) is 4. The van der Waals surface area contributed by atoms with Gasteiger partial charge in [0.05, 0.1) is 22.0 Å². The molecule has 0 bridgehead atoms. The number of rotatable bonds is 6. The largest absolute Gasteiger partial charge is 0.309 e. The van der Waals surface area contributed by atoms with Crippen LogP contribution in [0.15, 0.2) is 194 Å². The first-order chi connectivity index (χ1) is 31.1. The lowest BCUT2D eigenvalue weighted by Crippen LogP contribution is -2.00. The van der Waals surface area contributed by atoms with Gasteiger partial charge in [0.1, 0.15) is 0 Å². The van der Waals surface area contributed by atoms with E-state index < -0.39 is 24.2 Å². The summed E-state index contributed by atoms with van der Waals surface area (Å²) >= 11 is 1.63. The van der Waals surface area contributed by atoms with E-state index in [-0.39, 0.29) is 46.0 Å². The standard InChI is InChI=1S/C51H32N4S/c1-4-16-33(17-5-1)36-30-37(32-38(31-36)55-45-28-12-10-22-40(45)41-23-11-13-29-46(41)55)39-24-14-25-42-43-26-15-27-44(48(43)56-47(39)42)51-53-49(34-18-6-2-7-19-34)52-50(54-51)35-20-8-3-9-21-35/h1-32H/i10D,11D,12D,13D,22D,23D,28D,29D. The van der Waals surface area contributed by atoms with Crippen molar-refractivity contribution in [2.45, 2.75) is 0 Å². The summed E-state index contributed by atoms with van der Waals surface area (Å²) in [6.07, 6.45) is 0. The molecule has 0 fully saturated rings. The molecule has 0 unspecified atom stereocenters. The lowest BCUT2D eigenvalue weighted by molar-refractivity contribution is 1.08. The Morgan fingerprint density at radius 2 is 0.875 bits per heavy atom. The lowest BCUT2D eigenvalue weighted by atomic mass is 9.96. The highest BCUT2D eigenvalue weighted by Crippen LogP contribution is 2.45. The average molecular weight is 741 g/mol. The molecule has 5 heteroatoms. The van der Waals surface area contributed by atoms with Crippen molar-refractivity contribution < 1.29 is 11.0 Å². The molecule has 56 heavy (non-hydrogen) atoms. The number of para-hydroxylation sites is 2. The second-order valence-corrected chi connectivity index (χ2v) is 14.4. The van der Waals surface area contributed by atoms with Crippen LogP contribution in [-0.4, -0.2) is 19.5 Å². The molecule has 3 heterocycles. The predicted molar refractivity (Wildman–Crippen MR) is 234 cm³/mol. The normalized spacial score (nSPS) is 13.6. The van der Waals surface area contributed by atoms with Crippen LogP contribution in [-0.2, 0) is 0 Å². The van der Waals surface area contributed by atoms with Gasteiger partial charge in [-0.05, 0) is 58.6 Å². The van der Waals surface area contributed by atoms with Crippen molar-refractivity contribution in [1.29, 1.82) is 0 Å². The monoisotopic (exact) mass is 740 g/mol. The average Bonchev–Trinajstić information content (AvgIpc) is 3.92. The minimum atomic E-state index is -0.483. The molecule has 0 atom stereocenters. The van der Waals surface area contributed by atoms with Gasteiger partial charge in [-0.25, -0.2) is 15.0 Å². The van der Waals surface area contributed by atoms with Gasteiger partial charge in [-0.1, -0.05) is 158 Å². The Labute approximate surface area is 338 Å². The van der Waals surface area contributed by atoms with E-state index in [4.69, 9.17) is 23.2 Å². The van der Waals surface area contributed by atoms with Gasteiger partial charge in [0.15, 0.2) is 17.5 Å². The van der Waals surface area contributed by atoms with E-state index >= 15 is 0 Å². The second kappa shape index (κ2) is 13.3. The van der Waals surface area contributed by atoms with E-state index in [2.05, 4.69) is 24.3 Å². The third kappa shape index (κ3) is 5.40. The van der Waals surface area contributed by atoms with E-state index in [0.29, 0.717) is 23.2 Å². The molecule has 0 spiro atoms. The Kier molecular flexibility index (Phi) is 5.92. The first-order valence-corrected chi connectivity index (χ1v) is 18.9. The quantitative estimate of drug-likeness (QED) is 0.170. The van der Waals surface area contributed by atoms with Crippen molar-refractivity contribution in [1.82, 2.24) is 19.5 Å². The molecule has 0 radical (unpaired) electrons. The van der Waals surface area contributed by atoms with Crippen LogP contribution in [0, 0.1) is 0 Å². The third-order valence-electron chi connectivity index (χ3n) is 10.1. The topological polar surface area (TPSA) is 43.6 Å². The van der Waals surface area contributed by atoms with Crippen LogP contribution in [0.5, 0.6) is 0 Å². The molecule has 0 saturated carbocycles. The second-order valence-electron chi connectivity index (χ2n) is 13.4. The zero-order chi connectivity index (χ0) is 44.0. The molecule has 11 aromatic rings. The van der Waals surface area contributed by atoms with Crippen molar-refractivity contribution in [3.8, 4) is 62.1 Å². The van der Waals surface area contributed by atoms with Crippen molar-refractivity contribution in [3.05, 3.63) is 194 Å². The number of thiophene rings is 1. The van der Waals surface area contributed by atoms with Crippen molar-refractivity contribution in [2.75, 3.05) is 0 Å². The highest BCUT2D eigenvalue weighted by molar-refractivity contribution is 7.26. The summed E-state index contributed by atoms with van der Waals surface area (Å²) in [5.74, 6) is 1.67. The van der Waals surface area contributed by atoms with E-state index in [0.717, 1.165) is 59.1 Å². The molecular weight excluding hydrogens is 701 g/mol. The highest BCUT2D eigenvalue weighted by atomic mass is 32.1. The first-order valence-electron chi connectivity index (χ1n) is 22.1. The zero-order valence-electron chi connectivity index (χ0n) is 37.6. The third-order valence-corrected chi connectivity index (χ3v) is 11.4. The minimum absolute atomic E-state index is 0.0305. The molecule has 3 aromatic heterocycles. The van der Waals surface area contributed by atoms with Crippen molar-refractivity contribution >= 4 is 53.3 Å². The molecule has 262 valence electrons. The number of hydrogen-bond acceptors (Lipinski definition) is 4. The molecule has 4 nitrogen and oxygen atoms in total. The fraction of sp³-hybridized carbons (Fsp3) is 0. The van der Waals surface area contributed by atoms with Crippen molar-refractivity contribution in [3.63, 3.8) is 0 Å². The Balaban J connectivity index is 1.19. The zero-order valence-corrected chi connectivity index (χ0v) is 30.4. The van der Waals surface area contributed by atoms with Crippen LogP contribution in [0.25, 0.3) is 104 Å². The fourth-order valence-corrected chi connectivity index (χ4v) is 8.87. The molecule has 0 aliphatic rings. The van der Waals surface area contributed by atoms with Gasteiger partial charge in [0, 0.05) is 53.3 Å². The highest BCUT2D eigenvalue weighted by Gasteiger charge is 2.20. The molecule has 0 saturated heterocycles. The molecule has 0 N–H and O–H groups in total. The van der Waals surface area contributed by atoms with E-state index in [1.165, 1.54) is 0 Å². The van der Waals surface area contributed by atoms with Gasteiger partial charge >= 0.3 is 0 Å². The number of aromatic nitrogens is 4. The Bertz CT molecular complexity index is 3570. The van der Waals surface area contributed by atoms with Crippen LogP contribution >= 0.6 is 11.3 Å². The lowest BCUT2D eigenvalue weighted by Gasteiger charge is -2.14. The van der Waals surface area contributed by atoms with E-state index in [9.17, 15) is 2.74 Å². The van der Waals surface area contributed by atoms with Gasteiger partial charge in [-0.2, -0.15) is 0 Å². The molecule has 8 aromatic carbocycles. The summed E-state index contributed by atoms with van der Waals surface area (Å²) in [6.45, 7) is 0. The predicted octanol–water partition coefficient (Wildman–Crippen LogP) is 13.7. The van der Waals surface area contributed by atoms with Crippen LogP contribution in [0.4, 0.5) is 0 Å². The maximum absolute atomic E-state index is 9.18. The molecule has 0 aliphatic carbocycles.